The SMILES string of the molecule is c1ccc(-c2noc(-c3cccc4nccnc34)n2)cc1. The van der Waals surface area contributed by atoms with Crippen molar-refractivity contribution in [1.29, 1.82) is 0 Å². The lowest BCUT2D eigenvalue weighted by atomic mass is 10.1. The highest BCUT2D eigenvalue weighted by atomic mass is 16.5. The molecular weight excluding hydrogens is 264 g/mol. The molecule has 0 bridgehead atoms. The molecule has 5 nitrogen and oxygen atoms in total. The van der Waals surface area contributed by atoms with Crippen LogP contribution in [0.5, 0.6) is 0 Å². The van der Waals surface area contributed by atoms with Gasteiger partial charge in [-0.1, -0.05) is 41.6 Å². The Morgan fingerprint density at radius 1 is 0.810 bits per heavy atom. The van der Waals surface area contributed by atoms with Gasteiger partial charge in [-0.15, -0.1) is 0 Å². The van der Waals surface area contributed by atoms with Gasteiger partial charge in [0.25, 0.3) is 5.89 Å². The van der Waals surface area contributed by atoms with Crippen LogP contribution in [0, 0.1) is 0 Å². The first-order chi connectivity index (χ1) is 10.4. The minimum atomic E-state index is 0.444. The molecule has 21 heavy (non-hydrogen) atoms. The number of fused-ring (bicyclic) bond motifs is 1. The summed E-state index contributed by atoms with van der Waals surface area (Å²) in [6, 6.07) is 15.4. The van der Waals surface area contributed by atoms with E-state index in [-0.39, 0.29) is 0 Å². The van der Waals surface area contributed by atoms with E-state index in [1.165, 1.54) is 0 Å². The number of rotatable bonds is 2. The molecule has 0 fully saturated rings. The van der Waals surface area contributed by atoms with E-state index in [2.05, 4.69) is 20.1 Å². The van der Waals surface area contributed by atoms with Gasteiger partial charge in [0.1, 0.15) is 5.52 Å². The second-order valence-electron chi connectivity index (χ2n) is 4.52. The fourth-order valence-electron chi connectivity index (χ4n) is 2.20. The van der Waals surface area contributed by atoms with Gasteiger partial charge < -0.3 is 4.52 Å². The quantitative estimate of drug-likeness (QED) is 0.561. The Morgan fingerprint density at radius 2 is 1.67 bits per heavy atom. The van der Waals surface area contributed by atoms with Gasteiger partial charge in [-0.3, -0.25) is 9.97 Å². The van der Waals surface area contributed by atoms with E-state index in [0.29, 0.717) is 11.7 Å². The summed E-state index contributed by atoms with van der Waals surface area (Å²) in [7, 11) is 0. The molecule has 100 valence electrons. The minimum Gasteiger partial charge on any atom is -0.334 e. The maximum absolute atomic E-state index is 5.38. The third-order valence-corrected chi connectivity index (χ3v) is 3.19. The van der Waals surface area contributed by atoms with Crippen molar-refractivity contribution >= 4 is 11.0 Å². The summed E-state index contributed by atoms with van der Waals surface area (Å²) >= 11 is 0. The molecule has 4 rings (SSSR count). The fraction of sp³-hybridized carbons (Fsp3) is 0. The van der Waals surface area contributed by atoms with Crippen molar-refractivity contribution < 1.29 is 4.52 Å². The third-order valence-electron chi connectivity index (χ3n) is 3.19. The Hall–Kier alpha value is -3.08. The lowest BCUT2D eigenvalue weighted by Gasteiger charge is -1.99. The highest BCUT2D eigenvalue weighted by Crippen LogP contribution is 2.26. The van der Waals surface area contributed by atoms with Crippen LogP contribution in [0.25, 0.3) is 33.9 Å². The van der Waals surface area contributed by atoms with Crippen LogP contribution >= 0.6 is 0 Å². The first-order valence-electron chi connectivity index (χ1n) is 6.51. The van der Waals surface area contributed by atoms with Crippen molar-refractivity contribution in [3.05, 3.63) is 60.9 Å². The van der Waals surface area contributed by atoms with Crippen LogP contribution in [-0.2, 0) is 0 Å². The van der Waals surface area contributed by atoms with Crippen molar-refractivity contribution in [3.8, 4) is 22.8 Å². The number of benzene rings is 2. The van der Waals surface area contributed by atoms with Gasteiger partial charge in [0, 0.05) is 18.0 Å². The van der Waals surface area contributed by atoms with Gasteiger partial charge in [-0.25, -0.2) is 0 Å². The molecule has 0 aliphatic carbocycles. The summed E-state index contributed by atoms with van der Waals surface area (Å²) in [4.78, 5) is 13.1. The molecule has 0 radical (unpaired) electrons. The lowest BCUT2D eigenvalue weighted by molar-refractivity contribution is 0.432. The maximum Gasteiger partial charge on any atom is 0.260 e. The van der Waals surface area contributed by atoms with Crippen molar-refractivity contribution in [1.82, 2.24) is 20.1 Å². The van der Waals surface area contributed by atoms with Crippen molar-refractivity contribution in [3.63, 3.8) is 0 Å². The number of hydrogen-bond acceptors (Lipinski definition) is 5. The molecule has 2 heterocycles. The van der Waals surface area contributed by atoms with Crippen LogP contribution in [0.15, 0.2) is 65.4 Å². The Balaban J connectivity index is 1.85. The first-order valence-corrected chi connectivity index (χ1v) is 6.51. The molecule has 0 saturated carbocycles. The minimum absolute atomic E-state index is 0.444. The number of hydrogen-bond donors (Lipinski definition) is 0. The first kappa shape index (κ1) is 11.7. The Labute approximate surface area is 120 Å². The van der Waals surface area contributed by atoms with E-state index >= 15 is 0 Å². The monoisotopic (exact) mass is 274 g/mol. The molecule has 5 heteroatoms. The average Bonchev–Trinajstić information content (AvgIpc) is 3.05. The van der Waals surface area contributed by atoms with Crippen LogP contribution < -0.4 is 0 Å². The molecular formula is C16H10N4O. The Kier molecular flexibility index (Phi) is 2.67. The summed E-state index contributed by atoms with van der Waals surface area (Å²) in [6.45, 7) is 0. The second kappa shape index (κ2) is 4.79. The smallest absolute Gasteiger partial charge is 0.260 e. The predicted molar refractivity (Wildman–Crippen MR) is 78.3 cm³/mol. The van der Waals surface area contributed by atoms with Crippen LogP contribution in [0.2, 0.25) is 0 Å². The molecule has 0 amide bonds. The molecule has 2 aromatic carbocycles. The van der Waals surface area contributed by atoms with Crippen molar-refractivity contribution in [2.24, 2.45) is 0 Å². The van der Waals surface area contributed by atoms with Gasteiger partial charge >= 0.3 is 0 Å². The Bertz CT molecular complexity index is 897. The molecule has 0 unspecified atom stereocenters. The fourth-order valence-corrected chi connectivity index (χ4v) is 2.20. The van der Waals surface area contributed by atoms with E-state index in [1.54, 1.807) is 12.4 Å². The lowest BCUT2D eigenvalue weighted by Crippen LogP contribution is -1.87. The second-order valence-corrected chi connectivity index (χ2v) is 4.52. The molecule has 2 aromatic heterocycles. The summed E-state index contributed by atoms with van der Waals surface area (Å²) in [5, 5.41) is 4.04. The molecule has 4 aromatic rings. The normalized spacial score (nSPS) is 10.9. The van der Waals surface area contributed by atoms with Crippen LogP contribution in [0.4, 0.5) is 0 Å². The Morgan fingerprint density at radius 3 is 2.57 bits per heavy atom. The van der Waals surface area contributed by atoms with E-state index in [0.717, 1.165) is 22.2 Å². The summed E-state index contributed by atoms with van der Waals surface area (Å²) in [5.41, 5.74) is 3.26. The molecule has 0 aliphatic rings. The zero-order valence-electron chi connectivity index (χ0n) is 11.0. The van der Waals surface area contributed by atoms with Crippen molar-refractivity contribution in [2.75, 3.05) is 0 Å². The number of para-hydroxylation sites is 1. The number of aromatic nitrogens is 4. The molecule has 0 N–H and O–H groups in total. The van der Waals surface area contributed by atoms with Gasteiger partial charge in [0.15, 0.2) is 0 Å². The summed E-state index contributed by atoms with van der Waals surface area (Å²) < 4.78 is 5.38. The van der Waals surface area contributed by atoms with Crippen molar-refractivity contribution in [2.45, 2.75) is 0 Å². The van der Waals surface area contributed by atoms with E-state index < -0.39 is 0 Å². The molecule has 0 saturated heterocycles. The number of nitrogens with zero attached hydrogens (tertiary/aromatic N) is 4. The van der Waals surface area contributed by atoms with Gasteiger partial charge in [0.05, 0.1) is 11.1 Å². The highest BCUT2D eigenvalue weighted by Gasteiger charge is 2.13. The van der Waals surface area contributed by atoms with Crippen LogP contribution in [-0.4, -0.2) is 20.1 Å². The molecule has 0 spiro atoms. The standard InChI is InChI=1S/C16H10N4O/c1-2-5-11(6-3-1)15-19-16(21-20-15)12-7-4-8-13-14(12)18-10-9-17-13/h1-10H. The zero-order valence-corrected chi connectivity index (χ0v) is 11.0. The molecule has 0 atom stereocenters. The third kappa shape index (κ3) is 2.04. The topological polar surface area (TPSA) is 64.7 Å². The predicted octanol–water partition coefficient (Wildman–Crippen LogP) is 3.35. The maximum atomic E-state index is 5.38. The van der Waals surface area contributed by atoms with Crippen LogP contribution in [0.3, 0.4) is 0 Å². The summed E-state index contributed by atoms with van der Waals surface area (Å²) in [6.07, 6.45) is 3.32. The zero-order chi connectivity index (χ0) is 14.1. The van der Waals surface area contributed by atoms with Gasteiger partial charge in [-0.2, -0.15) is 4.98 Å². The average molecular weight is 274 g/mol. The summed E-state index contributed by atoms with van der Waals surface area (Å²) in [5.74, 6) is 1.01. The highest BCUT2D eigenvalue weighted by molar-refractivity contribution is 5.88. The van der Waals surface area contributed by atoms with Gasteiger partial charge in [-0.05, 0) is 12.1 Å². The van der Waals surface area contributed by atoms with E-state index in [4.69, 9.17) is 4.52 Å². The van der Waals surface area contributed by atoms with Gasteiger partial charge in [0.2, 0.25) is 5.82 Å². The largest absolute Gasteiger partial charge is 0.334 e. The van der Waals surface area contributed by atoms with E-state index in [1.807, 2.05) is 48.5 Å². The van der Waals surface area contributed by atoms with E-state index in [9.17, 15) is 0 Å². The molecule has 0 aliphatic heterocycles. The van der Waals surface area contributed by atoms with Crippen LogP contribution in [0.1, 0.15) is 0 Å².